The number of carbonyl (C=O) groups is 8. The number of carbonyl (C=O) groups excluding carboxylic acids is 8. The number of aliphatic hydroxyl groups excluding tert-OH is 2. The maximum absolute atomic E-state index is 14.8. The Morgan fingerprint density at radius 2 is 1.65 bits per heavy atom. The van der Waals surface area contributed by atoms with Gasteiger partial charge >= 0.3 is 0 Å². The third kappa shape index (κ3) is 13.5. The zero-order valence-electron chi connectivity index (χ0n) is 37.7. The van der Waals surface area contributed by atoms with E-state index in [1.807, 2.05) is 13.8 Å². The van der Waals surface area contributed by atoms with Gasteiger partial charge in [0, 0.05) is 37.0 Å². The summed E-state index contributed by atoms with van der Waals surface area (Å²) in [5, 5.41) is 39.6. The monoisotopic (exact) mass is 944 g/mol. The lowest BCUT2D eigenvalue weighted by atomic mass is 9.98. The fourth-order valence-corrected chi connectivity index (χ4v) is 9.75. The Labute approximate surface area is 384 Å². The number of hydrogen-bond donors (Lipinski definition) is 11. The molecule has 10 atom stereocenters. The Morgan fingerprint density at radius 1 is 0.939 bits per heavy atom. The number of primary amides is 1. The highest BCUT2D eigenvalue weighted by molar-refractivity contribution is 7.85. The Kier molecular flexibility index (Phi) is 18.4. The van der Waals surface area contributed by atoms with E-state index in [9.17, 15) is 52.8 Å². The number of H-pyrrole nitrogens is 1. The molecule has 0 aliphatic carbocycles. The average Bonchev–Trinajstić information content (AvgIpc) is 3.91. The second kappa shape index (κ2) is 23.7. The lowest BCUT2D eigenvalue weighted by Crippen LogP contribution is -2.60. The van der Waals surface area contributed by atoms with Gasteiger partial charge in [0.15, 0.2) is 0 Å². The molecule has 364 valence electrons. The minimum absolute atomic E-state index is 0.0466. The van der Waals surface area contributed by atoms with Crippen LogP contribution in [0.15, 0.2) is 23.2 Å². The van der Waals surface area contributed by atoms with Crippen molar-refractivity contribution < 1.29 is 57.5 Å². The maximum atomic E-state index is 14.8. The van der Waals surface area contributed by atoms with Gasteiger partial charge in [0.2, 0.25) is 47.3 Å². The molecular weight excluding hydrogens is 881 g/mol. The number of fused-ring (bicyclic) bond motifs is 5. The van der Waals surface area contributed by atoms with Crippen molar-refractivity contribution in [2.45, 2.75) is 133 Å². The van der Waals surface area contributed by atoms with Crippen molar-refractivity contribution in [3.05, 3.63) is 23.8 Å². The lowest BCUT2D eigenvalue weighted by molar-refractivity contribution is -0.143. The molecular formula is C43H64N10O12S. The van der Waals surface area contributed by atoms with Crippen LogP contribution in [0.1, 0.15) is 78.2 Å². The van der Waals surface area contributed by atoms with Crippen LogP contribution in [-0.4, -0.2) is 159 Å². The standard InChI is InChI=1S/C43H64N10O12S/c1-5-8-23(4)65-26-10-11-27-28-15-30-38(59)46-19-36(58)52-37(22(3)6-2)41(62)47-18-35(57)49-32(21-66(64)42(28)51-29(27)14-26)39(60)50-31(16-34(44)56)43(63)53-12-7-9-33(53)40(61)48-24(17-45-30)13-25(55)20-54/h10-11,14,22-25,30-33,37,45,51,54-55H,5-9,12-13,15-21H2,1-4H3,(H2,44,56)(H,46,59)(H,47,62)(H,48,61)(H,49,57)(H,50,60)(H,52,58)/t22?,23?,24?,25?,30-,31?,32-,33?,37?,66?/m0/s1. The minimum atomic E-state index is -2.22. The van der Waals surface area contributed by atoms with Crippen molar-refractivity contribution in [3.63, 3.8) is 0 Å². The molecule has 1 fully saturated rings. The Morgan fingerprint density at radius 3 is 2.33 bits per heavy atom. The molecule has 12 N–H and O–H groups in total. The molecule has 8 amide bonds. The van der Waals surface area contributed by atoms with Crippen molar-refractivity contribution >= 4 is 69.0 Å². The summed E-state index contributed by atoms with van der Waals surface area (Å²) in [5.41, 5.74) is 6.34. The molecule has 8 unspecified atom stereocenters. The first kappa shape index (κ1) is 51.3. The van der Waals surface area contributed by atoms with E-state index in [1.165, 1.54) is 4.90 Å². The molecule has 1 saturated heterocycles. The third-order valence-corrected chi connectivity index (χ3v) is 13.5. The van der Waals surface area contributed by atoms with Gasteiger partial charge in [-0.15, -0.1) is 0 Å². The van der Waals surface area contributed by atoms with Gasteiger partial charge in [-0.3, -0.25) is 42.6 Å². The van der Waals surface area contributed by atoms with Gasteiger partial charge < -0.3 is 67.8 Å². The van der Waals surface area contributed by atoms with Crippen molar-refractivity contribution in [3.8, 4) is 5.75 Å². The van der Waals surface area contributed by atoms with E-state index in [1.54, 1.807) is 32.0 Å². The largest absolute Gasteiger partial charge is 0.491 e. The van der Waals surface area contributed by atoms with E-state index in [2.05, 4.69) is 42.2 Å². The van der Waals surface area contributed by atoms with Crippen LogP contribution in [0, 0.1) is 5.92 Å². The topological polar surface area (TPSA) is 333 Å². The van der Waals surface area contributed by atoms with E-state index in [4.69, 9.17) is 10.5 Å². The molecule has 0 spiro atoms. The summed E-state index contributed by atoms with van der Waals surface area (Å²) in [6, 6.07) is -2.67. The minimum Gasteiger partial charge on any atom is -0.491 e. The molecule has 23 heteroatoms. The number of hydrogen-bond acceptors (Lipinski definition) is 13. The van der Waals surface area contributed by atoms with Crippen molar-refractivity contribution in [1.29, 1.82) is 0 Å². The fraction of sp³-hybridized carbons (Fsp3) is 0.628. The van der Waals surface area contributed by atoms with Crippen LogP contribution in [0.5, 0.6) is 5.75 Å². The number of nitrogens with zero attached hydrogens (tertiary/aromatic N) is 1. The summed E-state index contributed by atoms with van der Waals surface area (Å²) in [5.74, 6) is -7.16. The number of nitrogens with two attached hydrogens (primary N) is 1. The number of benzene rings is 1. The first-order valence-electron chi connectivity index (χ1n) is 22.5. The summed E-state index contributed by atoms with van der Waals surface area (Å²) in [6.07, 6.45) is 0.0113. The summed E-state index contributed by atoms with van der Waals surface area (Å²) in [7, 11) is -2.22. The lowest BCUT2D eigenvalue weighted by Gasteiger charge is -2.31. The molecule has 2 bridgehead atoms. The molecule has 1 aromatic heterocycles. The van der Waals surface area contributed by atoms with Gasteiger partial charge in [0.05, 0.1) is 66.4 Å². The number of amides is 8. The molecule has 2 aromatic rings. The SMILES string of the molecule is CCCC(C)Oc1ccc2c3c([nH]c2c1)S(=O)C[C@@H]1NC(=O)CNC(=O)C(C(C)CC)NC(=O)CNC(=O)[C@H](C3)NCC(CC(O)CO)NC(=O)C2CCCN2C(=O)C(CC(N)=O)NC1=O. The highest BCUT2D eigenvalue weighted by atomic mass is 32.2. The Hall–Kier alpha value is -5.65. The van der Waals surface area contributed by atoms with E-state index in [-0.39, 0.29) is 43.5 Å². The molecule has 0 saturated carbocycles. The second-order valence-electron chi connectivity index (χ2n) is 17.2. The maximum Gasteiger partial charge on any atom is 0.246 e. The second-order valence-corrected chi connectivity index (χ2v) is 18.7. The van der Waals surface area contributed by atoms with Crippen LogP contribution in [0.2, 0.25) is 0 Å². The third-order valence-electron chi connectivity index (χ3n) is 12.0. The smallest absolute Gasteiger partial charge is 0.246 e. The van der Waals surface area contributed by atoms with Gasteiger partial charge in [-0.1, -0.05) is 33.6 Å². The number of aromatic amines is 1. The van der Waals surface area contributed by atoms with Crippen LogP contribution in [0.4, 0.5) is 0 Å². The summed E-state index contributed by atoms with van der Waals surface area (Å²) in [6.45, 7) is 5.35. The number of aliphatic hydroxyl groups is 2. The van der Waals surface area contributed by atoms with Crippen LogP contribution in [0.25, 0.3) is 10.9 Å². The van der Waals surface area contributed by atoms with Crippen LogP contribution in [-0.2, 0) is 55.6 Å². The zero-order chi connectivity index (χ0) is 48.2. The summed E-state index contributed by atoms with van der Waals surface area (Å²) >= 11 is 0. The summed E-state index contributed by atoms with van der Waals surface area (Å²) in [4.78, 5) is 114. The van der Waals surface area contributed by atoms with Gasteiger partial charge in [0.1, 0.15) is 34.9 Å². The predicted octanol–water partition coefficient (Wildman–Crippen LogP) is -2.80. The van der Waals surface area contributed by atoms with E-state index >= 15 is 0 Å². The van der Waals surface area contributed by atoms with E-state index < -0.39 is 138 Å². The van der Waals surface area contributed by atoms with Crippen molar-refractivity contribution in [2.75, 3.05) is 38.5 Å². The average molecular weight is 945 g/mol. The van der Waals surface area contributed by atoms with Crippen molar-refractivity contribution in [2.24, 2.45) is 11.7 Å². The quantitative estimate of drug-likeness (QED) is 0.109. The molecule has 3 aliphatic rings. The fourth-order valence-electron chi connectivity index (χ4n) is 8.35. The van der Waals surface area contributed by atoms with Crippen LogP contribution in [0.3, 0.4) is 0 Å². The number of rotatable bonds is 11. The molecule has 66 heavy (non-hydrogen) atoms. The van der Waals surface area contributed by atoms with Gasteiger partial charge in [-0.05, 0) is 56.2 Å². The molecule has 1 aromatic carbocycles. The first-order chi connectivity index (χ1) is 31.4. The molecule has 4 heterocycles. The Balaban J connectivity index is 1.70. The molecule has 3 aliphatic heterocycles. The highest BCUT2D eigenvalue weighted by Crippen LogP contribution is 2.31. The normalized spacial score (nSPS) is 26.9. The molecule has 5 rings (SSSR count). The van der Waals surface area contributed by atoms with Crippen LogP contribution >= 0.6 is 0 Å². The first-order valence-corrected chi connectivity index (χ1v) is 23.8. The molecule has 0 radical (unpaired) electrons. The zero-order valence-corrected chi connectivity index (χ0v) is 38.6. The van der Waals surface area contributed by atoms with Crippen LogP contribution < -0.4 is 47.7 Å². The van der Waals surface area contributed by atoms with E-state index in [0.29, 0.717) is 35.1 Å². The van der Waals surface area contributed by atoms with E-state index in [0.717, 1.165) is 12.8 Å². The number of aromatic nitrogens is 1. The number of ether oxygens (including phenoxy) is 1. The number of nitrogens with one attached hydrogen (secondary N) is 8. The van der Waals surface area contributed by atoms with Crippen molar-refractivity contribution in [1.82, 2.24) is 47.1 Å². The Bertz CT molecular complexity index is 2150. The predicted molar refractivity (Wildman–Crippen MR) is 240 cm³/mol. The highest BCUT2D eigenvalue weighted by Gasteiger charge is 2.41. The van der Waals surface area contributed by atoms with Gasteiger partial charge in [0.25, 0.3) is 0 Å². The van der Waals surface area contributed by atoms with Gasteiger partial charge in [-0.25, -0.2) is 0 Å². The molecule has 22 nitrogen and oxygen atoms in total. The van der Waals surface area contributed by atoms with Gasteiger partial charge in [-0.2, -0.15) is 0 Å². The summed E-state index contributed by atoms with van der Waals surface area (Å²) < 4.78 is 21.0.